The van der Waals surface area contributed by atoms with E-state index < -0.39 is 6.04 Å². The molecule has 0 amide bonds. The zero-order valence-corrected chi connectivity index (χ0v) is 9.79. The summed E-state index contributed by atoms with van der Waals surface area (Å²) in [5, 5.41) is 28.2. The highest BCUT2D eigenvalue weighted by molar-refractivity contribution is 5.85. The van der Waals surface area contributed by atoms with Crippen LogP contribution in [0.3, 0.4) is 0 Å². The van der Waals surface area contributed by atoms with Gasteiger partial charge in [-0.1, -0.05) is 5.57 Å². The lowest BCUT2D eigenvalue weighted by atomic mass is 9.99. The van der Waals surface area contributed by atoms with Crippen LogP contribution in [0.25, 0.3) is 0 Å². The Hall–Kier alpha value is -1.39. The van der Waals surface area contributed by atoms with Crippen LogP contribution in [0.4, 0.5) is 0 Å². The van der Waals surface area contributed by atoms with E-state index in [1.54, 1.807) is 0 Å². The van der Waals surface area contributed by atoms with Gasteiger partial charge in [-0.3, -0.25) is 0 Å². The van der Waals surface area contributed by atoms with Crippen molar-refractivity contribution in [1.29, 1.82) is 0 Å². The Balaban J connectivity index is 0.00000225. The van der Waals surface area contributed by atoms with Crippen molar-refractivity contribution in [2.75, 3.05) is 0 Å². The van der Waals surface area contributed by atoms with Gasteiger partial charge < -0.3 is 21.1 Å². The van der Waals surface area contributed by atoms with Gasteiger partial charge in [0.25, 0.3) is 0 Å². The Morgan fingerprint density at radius 3 is 2.12 bits per heavy atom. The van der Waals surface area contributed by atoms with Gasteiger partial charge in [0, 0.05) is 18.2 Å². The highest BCUT2D eigenvalue weighted by Crippen LogP contribution is 2.37. The number of hydrogen-bond acceptors (Lipinski definition) is 4. The molecule has 0 aliphatic rings. The lowest BCUT2D eigenvalue weighted by Crippen LogP contribution is -2.10. The second-order valence-electron chi connectivity index (χ2n) is 3.67. The Labute approximate surface area is 100 Å². The quantitative estimate of drug-likeness (QED) is 0.615. The molecule has 1 aromatic carbocycles. The van der Waals surface area contributed by atoms with Crippen molar-refractivity contribution in [3.63, 3.8) is 0 Å². The first kappa shape index (κ1) is 14.6. The number of hydrogen-bond donors (Lipinski definition) is 4. The second-order valence-corrected chi connectivity index (χ2v) is 3.67. The minimum atomic E-state index is -0.525. The monoisotopic (exact) mass is 245 g/mol. The van der Waals surface area contributed by atoms with E-state index in [4.69, 9.17) is 10.8 Å². The fourth-order valence-corrected chi connectivity index (χ4v) is 1.47. The molecule has 90 valence electrons. The predicted molar refractivity (Wildman–Crippen MR) is 65.0 cm³/mol. The number of phenols is 3. The molecular weight excluding hydrogens is 230 g/mol. The number of benzene rings is 1. The maximum absolute atomic E-state index is 9.53. The van der Waals surface area contributed by atoms with Crippen LogP contribution in [0.1, 0.15) is 24.9 Å². The van der Waals surface area contributed by atoms with Crippen LogP contribution in [0.2, 0.25) is 0 Å². The molecule has 0 radical (unpaired) electrons. The first-order valence-electron chi connectivity index (χ1n) is 4.56. The molecule has 0 aliphatic heterocycles. The van der Waals surface area contributed by atoms with Gasteiger partial charge >= 0.3 is 0 Å². The van der Waals surface area contributed by atoms with E-state index in [0.717, 1.165) is 17.7 Å². The Bertz CT molecular complexity index is 370. The van der Waals surface area contributed by atoms with Crippen molar-refractivity contribution in [3.8, 4) is 17.2 Å². The van der Waals surface area contributed by atoms with Crippen LogP contribution < -0.4 is 5.73 Å². The molecule has 0 bridgehead atoms. The summed E-state index contributed by atoms with van der Waals surface area (Å²) < 4.78 is 0. The molecule has 5 N–H and O–H groups in total. The molecule has 0 unspecified atom stereocenters. The topological polar surface area (TPSA) is 86.7 Å². The first-order valence-corrected chi connectivity index (χ1v) is 4.56. The Kier molecular flexibility index (Phi) is 5.14. The van der Waals surface area contributed by atoms with Crippen molar-refractivity contribution in [1.82, 2.24) is 0 Å². The van der Waals surface area contributed by atoms with Crippen LogP contribution in [-0.2, 0) is 0 Å². The van der Waals surface area contributed by atoms with Crippen molar-refractivity contribution in [2.24, 2.45) is 5.73 Å². The maximum Gasteiger partial charge on any atom is 0.127 e. The van der Waals surface area contributed by atoms with Crippen molar-refractivity contribution in [3.05, 3.63) is 29.8 Å². The Morgan fingerprint density at radius 2 is 1.75 bits per heavy atom. The summed E-state index contributed by atoms with van der Waals surface area (Å²) in [5.41, 5.74) is 6.87. The molecule has 5 heteroatoms. The van der Waals surface area contributed by atoms with Gasteiger partial charge in [-0.05, 0) is 13.3 Å². The fraction of sp³-hybridized carbons (Fsp3) is 0.273. The van der Waals surface area contributed by atoms with E-state index in [9.17, 15) is 10.2 Å². The van der Waals surface area contributed by atoms with Gasteiger partial charge in [0.1, 0.15) is 17.2 Å². The molecule has 4 nitrogen and oxygen atoms in total. The normalized spacial score (nSPS) is 11.6. The standard InChI is InChI=1S/C11H15NO3.ClH/c1-6(2)3-8(12)11-9(14)4-7(13)5-10(11)15;/h4-5,8,13-15H,1,3,12H2,2H3;1H/t8-;/m0./s1. The van der Waals surface area contributed by atoms with Gasteiger partial charge in [0.05, 0.1) is 5.56 Å². The number of halogens is 1. The third kappa shape index (κ3) is 3.32. The third-order valence-corrected chi connectivity index (χ3v) is 2.06. The zero-order valence-electron chi connectivity index (χ0n) is 8.97. The molecule has 0 aliphatic carbocycles. The molecule has 1 aromatic rings. The van der Waals surface area contributed by atoms with Crippen molar-refractivity contribution in [2.45, 2.75) is 19.4 Å². The molecule has 0 saturated heterocycles. The average Bonchev–Trinajstić information content (AvgIpc) is 1.99. The molecule has 16 heavy (non-hydrogen) atoms. The van der Waals surface area contributed by atoms with Gasteiger partial charge in [-0.15, -0.1) is 19.0 Å². The van der Waals surface area contributed by atoms with E-state index in [-0.39, 0.29) is 35.2 Å². The minimum Gasteiger partial charge on any atom is -0.508 e. The summed E-state index contributed by atoms with van der Waals surface area (Å²) in [6.07, 6.45) is 0.464. The molecule has 0 spiro atoms. The summed E-state index contributed by atoms with van der Waals surface area (Å²) in [4.78, 5) is 0. The van der Waals surface area contributed by atoms with Crippen LogP contribution in [-0.4, -0.2) is 15.3 Å². The number of rotatable bonds is 3. The summed E-state index contributed by atoms with van der Waals surface area (Å²) in [7, 11) is 0. The molecule has 0 aromatic heterocycles. The average molecular weight is 246 g/mol. The Morgan fingerprint density at radius 1 is 1.31 bits per heavy atom. The highest BCUT2D eigenvalue weighted by Gasteiger charge is 2.16. The third-order valence-electron chi connectivity index (χ3n) is 2.06. The van der Waals surface area contributed by atoms with Crippen molar-refractivity contribution < 1.29 is 15.3 Å². The van der Waals surface area contributed by atoms with Crippen LogP contribution in [0.5, 0.6) is 17.2 Å². The number of phenolic OH excluding ortho intramolecular Hbond substituents is 3. The predicted octanol–water partition coefficient (Wildman–Crippen LogP) is 2.19. The molecular formula is C11H16ClNO3. The van der Waals surface area contributed by atoms with Crippen LogP contribution in [0.15, 0.2) is 24.3 Å². The lowest BCUT2D eigenvalue weighted by molar-refractivity contribution is 0.411. The van der Waals surface area contributed by atoms with E-state index >= 15 is 0 Å². The van der Waals surface area contributed by atoms with Crippen LogP contribution >= 0.6 is 12.4 Å². The number of aromatic hydroxyl groups is 3. The SMILES string of the molecule is C=C(C)C[C@H](N)c1c(O)cc(O)cc1O.Cl. The van der Waals surface area contributed by atoms with E-state index in [1.165, 1.54) is 0 Å². The van der Waals surface area contributed by atoms with Gasteiger partial charge in [-0.2, -0.15) is 0 Å². The minimum absolute atomic E-state index is 0. The molecule has 1 rings (SSSR count). The van der Waals surface area contributed by atoms with Crippen LogP contribution in [0, 0.1) is 0 Å². The maximum atomic E-state index is 9.53. The van der Waals surface area contributed by atoms with Gasteiger partial charge in [0.2, 0.25) is 0 Å². The molecule has 1 atom stereocenters. The highest BCUT2D eigenvalue weighted by atomic mass is 35.5. The summed E-state index contributed by atoms with van der Waals surface area (Å²) in [5.74, 6) is -0.612. The summed E-state index contributed by atoms with van der Waals surface area (Å²) >= 11 is 0. The summed E-state index contributed by atoms with van der Waals surface area (Å²) in [6, 6.07) is 1.77. The fourth-order valence-electron chi connectivity index (χ4n) is 1.47. The first-order chi connectivity index (χ1) is 6.91. The van der Waals surface area contributed by atoms with E-state index in [2.05, 4.69) is 6.58 Å². The number of nitrogens with two attached hydrogens (primary N) is 1. The molecule has 0 fully saturated rings. The van der Waals surface area contributed by atoms with E-state index in [0.29, 0.717) is 6.42 Å². The summed E-state index contributed by atoms with van der Waals surface area (Å²) in [6.45, 7) is 5.52. The molecule has 0 saturated carbocycles. The lowest BCUT2D eigenvalue weighted by Gasteiger charge is -2.15. The molecule has 0 heterocycles. The van der Waals surface area contributed by atoms with Gasteiger partial charge in [0.15, 0.2) is 0 Å². The van der Waals surface area contributed by atoms with E-state index in [1.807, 2.05) is 6.92 Å². The zero-order chi connectivity index (χ0) is 11.6. The van der Waals surface area contributed by atoms with Crippen molar-refractivity contribution >= 4 is 12.4 Å². The largest absolute Gasteiger partial charge is 0.508 e. The second kappa shape index (κ2) is 5.63. The smallest absolute Gasteiger partial charge is 0.127 e. The van der Waals surface area contributed by atoms with Gasteiger partial charge in [-0.25, -0.2) is 0 Å².